The van der Waals surface area contributed by atoms with Crippen LogP contribution in [0.4, 0.5) is 0 Å². The fraction of sp³-hybridized carbons (Fsp3) is 0.0400. The van der Waals surface area contributed by atoms with Crippen molar-refractivity contribution >= 4 is 44.6 Å². The first-order valence-corrected chi connectivity index (χ1v) is 10.1. The Bertz CT molecular complexity index is 1290. The van der Waals surface area contributed by atoms with E-state index in [2.05, 4.69) is 18.1 Å². The fourth-order valence-corrected chi connectivity index (χ4v) is 4.12. The number of ketones is 1. The lowest BCUT2D eigenvalue weighted by atomic mass is 9.99. The van der Waals surface area contributed by atoms with Crippen LogP contribution < -0.4 is 0 Å². The average molecular weight is 397 g/mol. The lowest BCUT2D eigenvalue weighted by Gasteiger charge is -2.06. The van der Waals surface area contributed by atoms with Crippen LogP contribution in [0.15, 0.2) is 90.9 Å². The summed E-state index contributed by atoms with van der Waals surface area (Å²) in [5.41, 5.74) is 4.95. The van der Waals surface area contributed by atoms with Gasteiger partial charge in [0.05, 0.1) is 4.88 Å². The van der Waals surface area contributed by atoms with Crippen molar-refractivity contribution in [1.82, 2.24) is 4.98 Å². The monoisotopic (exact) mass is 396 g/mol. The van der Waals surface area contributed by atoms with Crippen LogP contribution in [0.3, 0.4) is 0 Å². The van der Waals surface area contributed by atoms with Gasteiger partial charge in [-0.15, -0.1) is 11.3 Å². The van der Waals surface area contributed by atoms with Crippen molar-refractivity contribution in [3.05, 3.63) is 107 Å². The maximum atomic E-state index is 12.7. The first kappa shape index (κ1) is 18.8. The number of aromatic nitrogens is 1. The largest absolute Gasteiger partial charge is 0.355 e. The Balaban J connectivity index is 1.76. The van der Waals surface area contributed by atoms with Gasteiger partial charge in [0.25, 0.3) is 0 Å². The number of carbonyl (C=O) groups excluding carboxylic acids is 1. The summed E-state index contributed by atoms with van der Waals surface area (Å²) in [6.45, 7) is 7.52. The molecule has 142 valence electrons. The summed E-state index contributed by atoms with van der Waals surface area (Å²) in [6.07, 6.45) is 5.82. The molecule has 3 nitrogen and oxygen atoms in total. The molecule has 2 aromatic carbocycles. The van der Waals surface area contributed by atoms with Gasteiger partial charge in [-0.3, -0.25) is 4.79 Å². The van der Waals surface area contributed by atoms with Crippen molar-refractivity contribution in [1.29, 1.82) is 5.41 Å². The van der Waals surface area contributed by atoms with Crippen LogP contribution in [0.2, 0.25) is 0 Å². The van der Waals surface area contributed by atoms with Gasteiger partial charge in [0.2, 0.25) is 5.78 Å². The number of benzene rings is 2. The summed E-state index contributed by atoms with van der Waals surface area (Å²) in [5, 5.41) is 12.4. The molecule has 0 amide bonds. The van der Waals surface area contributed by atoms with E-state index in [4.69, 9.17) is 5.41 Å². The highest BCUT2D eigenvalue weighted by molar-refractivity contribution is 7.12. The zero-order valence-corrected chi connectivity index (χ0v) is 16.7. The number of rotatable bonds is 7. The van der Waals surface area contributed by atoms with Gasteiger partial charge < -0.3 is 10.4 Å². The summed E-state index contributed by atoms with van der Waals surface area (Å²) in [5.74, 6) is 0.0327. The van der Waals surface area contributed by atoms with Crippen molar-refractivity contribution in [2.24, 2.45) is 0 Å². The third-order valence-corrected chi connectivity index (χ3v) is 5.80. The molecule has 0 spiro atoms. The predicted octanol–water partition coefficient (Wildman–Crippen LogP) is 6.67. The van der Waals surface area contributed by atoms with Gasteiger partial charge >= 0.3 is 0 Å². The summed E-state index contributed by atoms with van der Waals surface area (Å²) >= 11 is 1.45. The standard InChI is InChI=1S/C25H20N2OS/c1-3-6-16(4-2)13-21(26)17-8-10-22-19(14-17)20-15-18(9-11-23(20)27-22)25(28)24-7-5-12-29-24/h3-12,14-15,26-27H,1-2,13H2/b16-6+,26-21?. The second-order valence-corrected chi connectivity index (χ2v) is 7.74. The van der Waals surface area contributed by atoms with Gasteiger partial charge in [-0.05, 0) is 52.9 Å². The smallest absolute Gasteiger partial charge is 0.202 e. The zero-order chi connectivity index (χ0) is 20.4. The molecule has 0 aliphatic carbocycles. The maximum absolute atomic E-state index is 12.7. The van der Waals surface area contributed by atoms with Crippen molar-refractivity contribution in [3.63, 3.8) is 0 Å². The Morgan fingerprint density at radius 1 is 1.03 bits per heavy atom. The summed E-state index contributed by atoms with van der Waals surface area (Å²) in [4.78, 5) is 16.9. The summed E-state index contributed by atoms with van der Waals surface area (Å²) < 4.78 is 0. The van der Waals surface area contributed by atoms with Crippen molar-refractivity contribution in [3.8, 4) is 0 Å². The third-order valence-electron chi connectivity index (χ3n) is 4.93. The van der Waals surface area contributed by atoms with Crippen LogP contribution >= 0.6 is 11.3 Å². The molecule has 0 radical (unpaired) electrons. The van der Waals surface area contributed by atoms with Gasteiger partial charge in [-0.25, -0.2) is 0 Å². The maximum Gasteiger partial charge on any atom is 0.202 e. The minimum atomic E-state index is 0.0327. The lowest BCUT2D eigenvalue weighted by molar-refractivity contribution is 0.104. The Morgan fingerprint density at radius 2 is 1.72 bits per heavy atom. The molecule has 4 aromatic rings. The molecule has 29 heavy (non-hydrogen) atoms. The number of carbonyl (C=O) groups is 1. The van der Waals surface area contributed by atoms with Gasteiger partial charge in [0.15, 0.2) is 0 Å². The number of hydrogen-bond donors (Lipinski definition) is 2. The van der Waals surface area contributed by atoms with E-state index >= 15 is 0 Å². The Kier molecular flexibility index (Phi) is 5.10. The molecule has 4 rings (SSSR count). The molecule has 2 aromatic heterocycles. The highest BCUT2D eigenvalue weighted by Crippen LogP contribution is 2.29. The number of H-pyrrole nitrogens is 1. The molecule has 0 saturated heterocycles. The molecule has 2 heterocycles. The number of fused-ring (bicyclic) bond motifs is 3. The lowest BCUT2D eigenvalue weighted by Crippen LogP contribution is -2.00. The van der Waals surface area contributed by atoms with E-state index in [9.17, 15) is 4.79 Å². The van der Waals surface area contributed by atoms with Gasteiger partial charge in [0.1, 0.15) is 0 Å². The number of hydrogen-bond acceptors (Lipinski definition) is 3. The quantitative estimate of drug-likeness (QED) is 0.205. The Labute approximate surface area is 173 Å². The van der Waals surface area contributed by atoms with E-state index in [1.165, 1.54) is 11.3 Å². The SMILES string of the molecule is C=C/C=C(\C=C)CC(=N)c1ccc2[nH]c3ccc(C(=O)c4cccs4)cc3c2c1. The topological polar surface area (TPSA) is 56.7 Å². The molecular weight excluding hydrogens is 376 g/mol. The Hall–Kier alpha value is -3.50. The number of aromatic amines is 1. The van der Waals surface area contributed by atoms with E-state index in [-0.39, 0.29) is 5.78 Å². The molecule has 4 heteroatoms. The van der Waals surface area contributed by atoms with Crippen LogP contribution in [-0.4, -0.2) is 16.5 Å². The van der Waals surface area contributed by atoms with E-state index in [1.54, 1.807) is 12.2 Å². The minimum absolute atomic E-state index is 0.0327. The molecule has 2 N–H and O–H groups in total. The number of allylic oxidation sites excluding steroid dienone is 4. The number of nitrogens with one attached hydrogen (secondary N) is 2. The second kappa shape index (κ2) is 7.86. The molecule has 0 saturated carbocycles. The van der Waals surface area contributed by atoms with Gasteiger partial charge in [-0.1, -0.05) is 43.5 Å². The van der Waals surface area contributed by atoms with Crippen LogP contribution in [-0.2, 0) is 0 Å². The first-order valence-electron chi connectivity index (χ1n) is 9.26. The minimum Gasteiger partial charge on any atom is -0.355 e. The molecule has 0 atom stereocenters. The van der Waals surface area contributed by atoms with Crippen molar-refractivity contribution in [2.75, 3.05) is 0 Å². The van der Waals surface area contributed by atoms with Crippen LogP contribution in [0.1, 0.15) is 27.2 Å². The predicted molar refractivity (Wildman–Crippen MR) is 123 cm³/mol. The molecule has 0 fully saturated rings. The molecule has 0 unspecified atom stereocenters. The van der Waals surface area contributed by atoms with Crippen LogP contribution in [0.25, 0.3) is 21.8 Å². The highest BCUT2D eigenvalue weighted by atomic mass is 32.1. The third kappa shape index (κ3) is 3.62. The molecule has 0 bridgehead atoms. The normalized spacial score (nSPS) is 11.7. The summed E-state index contributed by atoms with van der Waals surface area (Å²) in [7, 11) is 0. The second-order valence-electron chi connectivity index (χ2n) is 6.79. The molecule has 0 aliphatic rings. The fourth-order valence-electron chi connectivity index (χ4n) is 3.43. The van der Waals surface area contributed by atoms with E-state index in [0.717, 1.165) is 37.8 Å². The molecular formula is C25H20N2OS. The summed E-state index contributed by atoms with van der Waals surface area (Å²) in [6, 6.07) is 15.4. The van der Waals surface area contributed by atoms with Gasteiger partial charge in [-0.2, -0.15) is 0 Å². The van der Waals surface area contributed by atoms with Gasteiger partial charge in [0, 0.05) is 39.5 Å². The Morgan fingerprint density at radius 3 is 2.34 bits per heavy atom. The first-order chi connectivity index (χ1) is 14.1. The number of thiophene rings is 1. The van der Waals surface area contributed by atoms with Crippen LogP contribution in [0.5, 0.6) is 0 Å². The average Bonchev–Trinajstić information content (AvgIpc) is 3.40. The van der Waals surface area contributed by atoms with E-state index < -0.39 is 0 Å². The zero-order valence-electron chi connectivity index (χ0n) is 15.9. The van der Waals surface area contributed by atoms with E-state index in [1.807, 2.05) is 60.0 Å². The van der Waals surface area contributed by atoms with E-state index in [0.29, 0.717) is 17.7 Å². The van der Waals surface area contributed by atoms with Crippen molar-refractivity contribution < 1.29 is 4.79 Å². The molecule has 0 aliphatic heterocycles. The van der Waals surface area contributed by atoms with Crippen LogP contribution in [0, 0.1) is 5.41 Å². The van der Waals surface area contributed by atoms with Crippen molar-refractivity contribution in [2.45, 2.75) is 6.42 Å². The highest BCUT2D eigenvalue weighted by Gasteiger charge is 2.13.